The van der Waals surface area contributed by atoms with Gasteiger partial charge >= 0.3 is 11.9 Å². The van der Waals surface area contributed by atoms with Crippen LogP contribution in [-0.2, 0) is 9.59 Å². The van der Waals surface area contributed by atoms with Gasteiger partial charge in [0, 0.05) is 19.0 Å². The highest BCUT2D eigenvalue weighted by atomic mass is 19.1. The molecule has 0 aliphatic rings. The van der Waals surface area contributed by atoms with Gasteiger partial charge in [0.05, 0.1) is 0 Å². The van der Waals surface area contributed by atoms with Crippen LogP contribution in [0.5, 0.6) is 0 Å². The highest BCUT2D eigenvalue weighted by Crippen LogP contribution is 2.20. The lowest BCUT2D eigenvalue weighted by Gasteiger charge is -2.14. The zero-order valence-electron chi connectivity index (χ0n) is 11.5. The zero-order valence-corrected chi connectivity index (χ0v) is 11.5. The SMILES string of the molecule is CNc1c(F)cc(C(=O)NC(CCC(=O)O)C(=O)O)cc1F. The number of carboxylic acids is 2. The molecule has 7 nitrogen and oxygen atoms in total. The number of carbonyl (C=O) groups excluding carboxylic acids is 1. The number of rotatable bonds is 7. The first kappa shape index (κ1) is 17.3. The van der Waals surface area contributed by atoms with E-state index >= 15 is 0 Å². The largest absolute Gasteiger partial charge is 0.481 e. The van der Waals surface area contributed by atoms with Gasteiger partial charge in [-0.05, 0) is 18.6 Å². The van der Waals surface area contributed by atoms with Crippen molar-refractivity contribution in [1.82, 2.24) is 5.32 Å². The smallest absolute Gasteiger partial charge is 0.326 e. The van der Waals surface area contributed by atoms with E-state index in [1.807, 2.05) is 5.32 Å². The first-order chi connectivity index (χ1) is 10.3. The Morgan fingerprint density at radius 3 is 2.14 bits per heavy atom. The van der Waals surface area contributed by atoms with Gasteiger partial charge in [-0.15, -0.1) is 0 Å². The summed E-state index contributed by atoms with van der Waals surface area (Å²) in [4.78, 5) is 33.2. The second-order valence-electron chi connectivity index (χ2n) is 4.36. The standard InChI is InChI=1S/C13H14F2N2O5/c1-16-11-7(14)4-6(5-8(11)15)12(20)17-9(13(21)22)2-3-10(18)19/h4-5,9,16H,2-3H2,1H3,(H,17,20)(H,18,19)(H,21,22). The molecule has 1 aromatic rings. The molecule has 0 spiro atoms. The van der Waals surface area contributed by atoms with Crippen LogP contribution in [0.25, 0.3) is 0 Å². The molecular formula is C13H14F2N2O5. The van der Waals surface area contributed by atoms with E-state index in [0.29, 0.717) is 0 Å². The number of aliphatic carboxylic acids is 2. The number of nitrogens with one attached hydrogen (secondary N) is 2. The molecule has 1 rings (SSSR count). The molecule has 0 heterocycles. The highest BCUT2D eigenvalue weighted by molar-refractivity contribution is 5.97. The van der Waals surface area contributed by atoms with Crippen molar-refractivity contribution in [2.75, 3.05) is 12.4 Å². The first-order valence-electron chi connectivity index (χ1n) is 6.18. The molecule has 0 saturated carbocycles. The van der Waals surface area contributed by atoms with Crippen LogP contribution in [0.15, 0.2) is 12.1 Å². The van der Waals surface area contributed by atoms with Crippen LogP contribution in [-0.4, -0.2) is 41.1 Å². The van der Waals surface area contributed by atoms with Crippen molar-refractivity contribution in [3.8, 4) is 0 Å². The minimum atomic E-state index is -1.47. The minimum Gasteiger partial charge on any atom is -0.481 e. The van der Waals surface area contributed by atoms with Gasteiger partial charge in [0.1, 0.15) is 23.4 Å². The van der Waals surface area contributed by atoms with Gasteiger partial charge in [-0.2, -0.15) is 0 Å². The average molecular weight is 316 g/mol. The molecule has 1 aromatic carbocycles. The number of anilines is 1. The van der Waals surface area contributed by atoms with E-state index in [-0.39, 0.29) is 6.42 Å². The number of carbonyl (C=O) groups is 3. The van der Waals surface area contributed by atoms with Crippen LogP contribution in [0.4, 0.5) is 14.5 Å². The van der Waals surface area contributed by atoms with Crippen molar-refractivity contribution in [3.05, 3.63) is 29.3 Å². The molecule has 4 N–H and O–H groups in total. The molecule has 1 amide bonds. The molecule has 0 aromatic heterocycles. The first-order valence-corrected chi connectivity index (χ1v) is 6.18. The lowest BCUT2D eigenvalue weighted by molar-refractivity contribution is -0.140. The number of carboxylic acid groups (broad SMARTS) is 2. The summed E-state index contributed by atoms with van der Waals surface area (Å²) in [6, 6.07) is 0.0273. The van der Waals surface area contributed by atoms with E-state index in [1.54, 1.807) is 0 Å². The van der Waals surface area contributed by atoms with Crippen LogP contribution in [0.1, 0.15) is 23.2 Å². The van der Waals surface area contributed by atoms with Gasteiger partial charge in [-0.1, -0.05) is 0 Å². The molecular weight excluding hydrogens is 302 g/mol. The van der Waals surface area contributed by atoms with Crippen molar-refractivity contribution in [2.45, 2.75) is 18.9 Å². The number of amides is 1. The van der Waals surface area contributed by atoms with Crippen LogP contribution in [0.3, 0.4) is 0 Å². The quantitative estimate of drug-likeness (QED) is 0.598. The van der Waals surface area contributed by atoms with E-state index < -0.39 is 53.2 Å². The molecule has 0 radical (unpaired) electrons. The highest BCUT2D eigenvalue weighted by Gasteiger charge is 2.23. The van der Waals surface area contributed by atoms with E-state index in [2.05, 4.69) is 5.32 Å². The lowest BCUT2D eigenvalue weighted by atomic mass is 10.1. The minimum absolute atomic E-state index is 0.351. The van der Waals surface area contributed by atoms with Crippen molar-refractivity contribution >= 4 is 23.5 Å². The maximum Gasteiger partial charge on any atom is 0.326 e. The van der Waals surface area contributed by atoms with Gasteiger partial charge < -0.3 is 20.8 Å². The molecule has 1 unspecified atom stereocenters. The Morgan fingerprint density at radius 1 is 1.18 bits per heavy atom. The van der Waals surface area contributed by atoms with Crippen LogP contribution in [0, 0.1) is 11.6 Å². The van der Waals surface area contributed by atoms with Crippen molar-refractivity contribution in [2.24, 2.45) is 0 Å². The van der Waals surface area contributed by atoms with Crippen LogP contribution < -0.4 is 10.6 Å². The Labute approximate surface area is 123 Å². The van der Waals surface area contributed by atoms with Crippen LogP contribution in [0.2, 0.25) is 0 Å². The molecule has 1 atom stereocenters. The molecule has 0 saturated heterocycles. The Bertz CT molecular complexity index is 583. The number of halogens is 2. The summed E-state index contributed by atoms with van der Waals surface area (Å²) < 4.78 is 27.1. The summed E-state index contributed by atoms with van der Waals surface area (Å²) in [5, 5.41) is 21.7. The van der Waals surface area contributed by atoms with E-state index in [1.165, 1.54) is 7.05 Å². The molecule has 0 bridgehead atoms. The topological polar surface area (TPSA) is 116 Å². The fourth-order valence-electron chi connectivity index (χ4n) is 1.71. The fourth-order valence-corrected chi connectivity index (χ4v) is 1.71. The number of benzene rings is 1. The van der Waals surface area contributed by atoms with E-state index in [0.717, 1.165) is 12.1 Å². The normalized spacial score (nSPS) is 11.6. The van der Waals surface area contributed by atoms with Crippen molar-refractivity contribution in [1.29, 1.82) is 0 Å². The third-order valence-electron chi connectivity index (χ3n) is 2.80. The Balaban J connectivity index is 2.90. The number of hydrogen-bond donors (Lipinski definition) is 4. The predicted molar refractivity (Wildman–Crippen MR) is 71.7 cm³/mol. The summed E-state index contributed by atoms with van der Waals surface area (Å²) in [6.07, 6.45) is -0.825. The molecule has 0 aliphatic carbocycles. The molecule has 0 fully saturated rings. The average Bonchev–Trinajstić information content (AvgIpc) is 2.42. The Morgan fingerprint density at radius 2 is 1.73 bits per heavy atom. The second-order valence-corrected chi connectivity index (χ2v) is 4.36. The Hall–Kier alpha value is -2.71. The summed E-state index contributed by atoms with van der Waals surface area (Å²) in [7, 11) is 1.30. The predicted octanol–water partition coefficient (Wildman–Crippen LogP) is 1.05. The second kappa shape index (κ2) is 7.34. The van der Waals surface area contributed by atoms with Gasteiger partial charge in [-0.3, -0.25) is 9.59 Å². The molecule has 9 heteroatoms. The zero-order chi connectivity index (χ0) is 16.9. The molecule has 22 heavy (non-hydrogen) atoms. The van der Waals surface area contributed by atoms with E-state index in [9.17, 15) is 23.2 Å². The summed E-state index contributed by atoms with van der Waals surface area (Å²) in [5.74, 6) is -5.70. The summed E-state index contributed by atoms with van der Waals surface area (Å²) in [6.45, 7) is 0. The summed E-state index contributed by atoms with van der Waals surface area (Å²) >= 11 is 0. The van der Waals surface area contributed by atoms with Gasteiger partial charge in [0.15, 0.2) is 0 Å². The number of hydrogen-bond acceptors (Lipinski definition) is 4. The van der Waals surface area contributed by atoms with Crippen LogP contribution >= 0.6 is 0 Å². The molecule has 120 valence electrons. The molecule has 0 aliphatic heterocycles. The van der Waals surface area contributed by atoms with Gasteiger partial charge in [0.2, 0.25) is 0 Å². The fraction of sp³-hybridized carbons (Fsp3) is 0.308. The van der Waals surface area contributed by atoms with Crippen molar-refractivity contribution in [3.63, 3.8) is 0 Å². The van der Waals surface area contributed by atoms with E-state index in [4.69, 9.17) is 10.2 Å². The van der Waals surface area contributed by atoms with Gasteiger partial charge in [-0.25, -0.2) is 13.6 Å². The summed E-state index contributed by atoms with van der Waals surface area (Å²) in [5.41, 5.74) is -0.826. The lowest BCUT2D eigenvalue weighted by Crippen LogP contribution is -2.41. The Kier molecular flexibility index (Phi) is 5.79. The monoisotopic (exact) mass is 316 g/mol. The van der Waals surface area contributed by atoms with Crippen molar-refractivity contribution < 1.29 is 33.4 Å². The third-order valence-corrected chi connectivity index (χ3v) is 2.80. The maximum absolute atomic E-state index is 13.5. The maximum atomic E-state index is 13.5. The van der Waals surface area contributed by atoms with Gasteiger partial charge in [0.25, 0.3) is 5.91 Å². The third kappa shape index (κ3) is 4.40.